The highest BCUT2D eigenvalue weighted by atomic mass is 79.9. The van der Waals surface area contributed by atoms with Crippen molar-refractivity contribution in [2.24, 2.45) is 5.16 Å². The minimum absolute atomic E-state index is 0.0589. The van der Waals surface area contributed by atoms with E-state index in [2.05, 4.69) is 21.1 Å². The predicted octanol–water partition coefficient (Wildman–Crippen LogP) is 4.22. The zero-order valence-corrected chi connectivity index (χ0v) is 11.7. The van der Waals surface area contributed by atoms with Crippen molar-refractivity contribution >= 4 is 44.8 Å². The average Bonchev–Trinajstić information content (AvgIpc) is 2.66. The van der Waals surface area contributed by atoms with Gasteiger partial charge in [0.1, 0.15) is 6.10 Å². The van der Waals surface area contributed by atoms with Gasteiger partial charge in [-0.1, -0.05) is 38.8 Å². The van der Waals surface area contributed by atoms with E-state index in [1.54, 1.807) is 0 Å². The summed E-state index contributed by atoms with van der Waals surface area (Å²) in [5, 5.41) is 4.64. The molecule has 0 spiro atoms. The normalized spacial score (nSPS) is 21.5. The van der Waals surface area contributed by atoms with Crippen molar-refractivity contribution < 1.29 is 4.84 Å². The Morgan fingerprint density at radius 2 is 2.31 bits per heavy atom. The van der Waals surface area contributed by atoms with Gasteiger partial charge in [0.25, 0.3) is 0 Å². The molecular weight excluding hydrogens is 313 g/mol. The second-order valence-electron chi connectivity index (χ2n) is 3.69. The topological polar surface area (TPSA) is 21.6 Å². The van der Waals surface area contributed by atoms with Gasteiger partial charge < -0.3 is 4.84 Å². The highest BCUT2D eigenvalue weighted by Gasteiger charge is 2.27. The zero-order chi connectivity index (χ0) is 11.7. The Bertz CT molecular complexity index is 434. The first kappa shape index (κ1) is 12.2. The quantitative estimate of drug-likeness (QED) is 0.747. The molecule has 2 unspecified atom stereocenters. The standard InChI is InChI=1S/C11H10BrCl2NO/c1-6(13)11-5-10(15-16-11)8-3-2-7(12)4-9(8)14/h2-4,6,11H,5H2,1H3. The molecule has 1 aromatic rings. The summed E-state index contributed by atoms with van der Waals surface area (Å²) in [5.74, 6) is 0. The van der Waals surface area contributed by atoms with Gasteiger partial charge >= 0.3 is 0 Å². The summed E-state index contributed by atoms with van der Waals surface area (Å²) in [6, 6.07) is 5.70. The summed E-state index contributed by atoms with van der Waals surface area (Å²) in [5.41, 5.74) is 1.76. The Labute approximate surface area is 113 Å². The number of hydrogen-bond donors (Lipinski definition) is 0. The van der Waals surface area contributed by atoms with Crippen LogP contribution in [0.15, 0.2) is 27.8 Å². The zero-order valence-electron chi connectivity index (χ0n) is 8.58. The summed E-state index contributed by atoms with van der Waals surface area (Å²) in [7, 11) is 0. The van der Waals surface area contributed by atoms with Crippen LogP contribution >= 0.6 is 39.1 Å². The number of hydrogen-bond acceptors (Lipinski definition) is 2. The Balaban J connectivity index is 2.21. The van der Waals surface area contributed by atoms with E-state index in [-0.39, 0.29) is 11.5 Å². The Kier molecular flexibility index (Phi) is 3.77. The van der Waals surface area contributed by atoms with Crippen LogP contribution in [0.1, 0.15) is 18.9 Å². The van der Waals surface area contributed by atoms with E-state index in [1.165, 1.54) is 0 Å². The number of nitrogens with zero attached hydrogens (tertiary/aromatic N) is 1. The maximum Gasteiger partial charge on any atom is 0.149 e. The maximum atomic E-state index is 6.14. The molecule has 1 aromatic carbocycles. The van der Waals surface area contributed by atoms with Gasteiger partial charge in [0.15, 0.2) is 0 Å². The summed E-state index contributed by atoms with van der Waals surface area (Å²) in [6.45, 7) is 1.90. The van der Waals surface area contributed by atoms with Gasteiger partial charge in [-0.2, -0.15) is 0 Å². The molecule has 2 nitrogen and oxygen atoms in total. The van der Waals surface area contributed by atoms with Gasteiger partial charge in [0.05, 0.1) is 16.1 Å². The third-order valence-corrected chi connectivity index (χ3v) is 3.53. The van der Waals surface area contributed by atoms with Gasteiger partial charge in [-0.25, -0.2) is 0 Å². The Hall–Kier alpha value is -0.250. The molecule has 16 heavy (non-hydrogen) atoms. The molecule has 86 valence electrons. The highest BCUT2D eigenvalue weighted by molar-refractivity contribution is 9.10. The molecule has 0 saturated carbocycles. The number of rotatable bonds is 2. The minimum Gasteiger partial charge on any atom is -0.390 e. The third-order valence-electron chi connectivity index (χ3n) is 2.45. The van der Waals surface area contributed by atoms with Crippen LogP contribution in [0.5, 0.6) is 0 Å². The van der Waals surface area contributed by atoms with Crippen molar-refractivity contribution in [3.8, 4) is 0 Å². The molecule has 2 atom stereocenters. The van der Waals surface area contributed by atoms with E-state index in [0.717, 1.165) is 15.7 Å². The molecule has 2 rings (SSSR count). The van der Waals surface area contributed by atoms with Crippen LogP contribution in [0.4, 0.5) is 0 Å². The molecular formula is C11H10BrCl2NO. The highest BCUT2D eigenvalue weighted by Crippen LogP contribution is 2.27. The van der Waals surface area contributed by atoms with Crippen LogP contribution in [-0.4, -0.2) is 17.2 Å². The molecule has 0 bridgehead atoms. The van der Waals surface area contributed by atoms with Crippen molar-refractivity contribution in [1.82, 2.24) is 0 Å². The summed E-state index contributed by atoms with van der Waals surface area (Å²) in [6.07, 6.45) is 0.642. The first-order chi connectivity index (χ1) is 7.58. The van der Waals surface area contributed by atoms with Crippen LogP contribution in [-0.2, 0) is 4.84 Å². The predicted molar refractivity (Wildman–Crippen MR) is 70.5 cm³/mol. The molecule has 0 aromatic heterocycles. The van der Waals surface area contributed by atoms with Crippen LogP contribution in [0.2, 0.25) is 5.02 Å². The molecule has 1 aliphatic rings. The van der Waals surface area contributed by atoms with Crippen LogP contribution in [0, 0.1) is 0 Å². The monoisotopic (exact) mass is 321 g/mol. The van der Waals surface area contributed by atoms with Crippen molar-refractivity contribution in [1.29, 1.82) is 0 Å². The fourth-order valence-corrected chi connectivity index (χ4v) is 2.44. The van der Waals surface area contributed by atoms with Crippen molar-refractivity contribution in [3.63, 3.8) is 0 Å². The van der Waals surface area contributed by atoms with Gasteiger partial charge in [-0.15, -0.1) is 11.6 Å². The SMILES string of the molecule is CC(Cl)C1CC(c2ccc(Br)cc2Cl)=NO1. The number of alkyl halides is 1. The second kappa shape index (κ2) is 4.94. The molecule has 0 radical (unpaired) electrons. The molecule has 5 heteroatoms. The van der Waals surface area contributed by atoms with E-state index < -0.39 is 0 Å². The van der Waals surface area contributed by atoms with Crippen LogP contribution < -0.4 is 0 Å². The molecule has 0 fully saturated rings. The van der Waals surface area contributed by atoms with Gasteiger partial charge in [0, 0.05) is 16.5 Å². The van der Waals surface area contributed by atoms with Crippen molar-refractivity contribution in [2.75, 3.05) is 0 Å². The molecule has 0 amide bonds. The van der Waals surface area contributed by atoms with Gasteiger partial charge in [0.2, 0.25) is 0 Å². The van der Waals surface area contributed by atoms with Crippen LogP contribution in [0.25, 0.3) is 0 Å². The molecule has 1 heterocycles. The molecule has 0 aliphatic carbocycles. The first-order valence-corrected chi connectivity index (χ1v) is 6.51. The maximum absolute atomic E-state index is 6.14. The lowest BCUT2D eigenvalue weighted by Crippen LogP contribution is -2.18. The summed E-state index contributed by atoms with van der Waals surface area (Å²) < 4.78 is 0.947. The lowest BCUT2D eigenvalue weighted by atomic mass is 10.0. The third kappa shape index (κ3) is 2.53. The number of halogens is 3. The average molecular weight is 323 g/mol. The number of oxime groups is 1. The largest absolute Gasteiger partial charge is 0.390 e. The fourth-order valence-electron chi connectivity index (χ4n) is 1.53. The van der Waals surface area contributed by atoms with Gasteiger partial charge in [-0.3, -0.25) is 0 Å². The van der Waals surface area contributed by atoms with E-state index in [1.807, 2.05) is 25.1 Å². The molecule has 1 aliphatic heterocycles. The Morgan fingerprint density at radius 1 is 1.56 bits per heavy atom. The summed E-state index contributed by atoms with van der Waals surface area (Å²) >= 11 is 15.5. The first-order valence-electron chi connectivity index (χ1n) is 4.90. The van der Waals surface area contributed by atoms with Gasteiger partial charge in [-0.05, 0) is 19.1 Å². The minimum atomic E-state index is -0.0597. The number of benzene rings is 1. The van der Waals surface area contributed by atoms with E-state index in [9.17, 15) is 0 Å². The van der Waals surface area contributed by atoms with Crippen molar-refractivity contribution in [3.05, 3.63) is 33.3 Å². The van der Waals surface area contributed by atoms with Crippen LogP contribution in [0.3, 0.4) is 0 Å². The molecule has 0 N–H and O–H groups in total. The molecule has 0 saturated heterocycles. The van der Waals surface area contributed by atoms with E-state index in [4.69, 9.17) is 28.0 Å². The van der Waals surface area contributed by atoms with E-state index in [0.29, 0.717) is 11.4 Å². The smallest absolute Gasteiger partial charge is 0.149 e. The lowest BCUT2D eigenvalue weighted by molar-refractivity contribution is 0.0855. The lowest BCUT2D eigenvalue weighted by Gasteiger charge is -2.09. The van der Waals surface area contributed by atoms with Crippen molar-refractivity contribution in [2.45, 2.75) is 24.8 Å². The fraction of sp³-hybridized carbons (Fsp3) is 0.364. The Morgan fingerprint density at radius 3 is 2.88 bits per heavy atom. The van der Waals surface area contributed by atoms with E-state index >= 15 is 0 Å². The second-order valence-corrected chi connectivity index (χ2v) is 5.70. The summed E-state index contributed by atoms with van der Waals surface area (Å²) in [4.78, 5) is 5.25.